The Morgan fingerprint density at radius 3 is 2.84 bits per heavy atom. The van der Waals surface area contributed by atoms with E-state index in [1.165, 1.54) is 13.4 Å². The van der Waals surface area contributed by atoms with Crippen LogP contribution in [0.5, 0.6) is 11.5 Å². The second-order valence-electron chi connectivity index (χ2n) is 5.47. The summed E-state index contributed by atoms with van der Waals surface area (Å²) >= 11 is 0. The molecule has 0 radical (unpaired) electrons. The van der Waals surface area contributed by atoms with E-state index in [-0.39, 0.29) is 0 Å². The van der Waals surface area contributed by atoms with E-state index in [9.17, 15) is 4.79 Å². The zero-order chi connectivity index (χ0) is 18.0. The quantitative estimate of drug-likeness (QED) is 0.830. The average molecular weight is 344 g/mol. The van der Waals surface area contributed by atoms with Crippen molar-refractivity contribution in [3.8, 4) is 11.5 Å². The molecule has 1 aromatic heterocycles. The minimum Gasteiger partial charge on any atom is -0.493 e. The van der Waals surface area contributed by atoms with Gasteiger partial charge >= 0.3 is 5.97 Å². The van der Waals surface area contributed by atoms with Gasteiger partial charge in [-0.25, -0.2) is 4.68 Å². The molecule has 0 saturated heterocycles. The molecule has 2 atom stereocenters. The van der Waals surface area contributed by atoms with E-state index in [2.05, 4.69) is 22.0 Å². The van der Waals surface area contributed by atoms with Crippen LogP contribution in [0.4, 0.5) is 5.95 Å². The van der Waals surface area contributed by atoms with Crippen molar-refractivity contribution in [2.45, 2.75) is 13.0 Å². The Balaban J connectivity index is 2.13. The Kier molecular flexibility index (Phi) is 4.60. The van der Waals surface area contributed by atoms with Crippen molar-refractivity contribution in [3.63, 3.8) is 0 Å². The smallest absolute Gasteiger partial charge is 0.317 e. The number of benzene rings is 1. The Morgan fingerprint density at radius 2 is 2.16 bits per heavy atom. The normalized spacial score (nSPS) is 18.9. The lowest BCUT2D eigenvalue weighted by Crippen LogP contribution is -2.37. The van der Waals surface area contributed by atoms with E-state index in [1.807, 2.05) is 19.1 Å². The van der Waals surface area contributed by atoms with Gasteiger partial charge in [0.25, 0.3) is 0 Å². The van der Waals surface area contributed by atoms with Crippen molar-refractivity contribution in [3.05, 3.63) is 42.4 Å². The zero-order valence-corrected chi connectivity index (χ0v) is 14.4. The maximum atomic E-state index is 12.4. The van der Waals surface area contributed by atoms with Crippen LogP contribution < -0.4 is 14.8 Å². The third-order valence-electron chi connectivity index (χ3n) is 4.08. The van der Waals surface area contributed by atoms with Crippen LogP contribution >= 0.6 is 0 Å². The second kappa shape index (κ2) is 6.84. The molecular formula is C17H20N4O4. The lowest BCUT2D eigenvalue weighted by molar-refractivity contribution is -0.145. The molecule has 1 aromatic carbocycles. The predicted octanol–water partition coefficient (Wildman–Crippen LogP) is 2.00. The summed E-state index contributed by atoms with van der Waals surface area (Å²) in [6.07, 6.45) is 1.43. The van der Waals surface area contributed by atoms with Crippen LogP contribution in [0.2, 0.25) is 0 Å². The maximum absolute atomic E-state index is 12.4. The fraction of sp³-hybridized carbons (Fsp3) is 0.353. The third kappa shape index (κ3) is 2.90. The number of ether oxygens (including phenoxy) is 3. The molecule has 0 bridgehead atoms. The van der Waals surface area contributed by atoms with Crippen LogP contribution in [0.3, 0.4) is 0 Å². The van der Waals surface area contributed by atoms with Gasteiger partial charge in [-0.05, 0) is 24.6 Å². The third-order valence-corrected chi connectivity index (χ3v) is 4.08. The largest absolute Gasteiger partial charge is 0.493 e. The lowest BCUT2D eigenvalue weighted by Gasteiger charge is -2.33. The zero-order valence-electron chi connectivity index (χ0n) is 14.4. The highest BCUT2D eigenvalue weighted by molar-refractivity contribution is 5.79. The van der Waals surface area contributed by atoms with Crippen molar-refractivity contribution in [2.75, 3.05) is 26.1 Å². The van der Waals surface area contributed by atoms with E-state index < -0.39 is 17.9 Å². The molecule has 0 saturated carbocycles. The number of carbonyl (C=O) groups is 1. The molecule has 8 nitrogen and oxygen atoms in total. The summed E-state index contributed by atoms with van der Waals surface area (Å²) in [5.41, 5.74) is 1.32. The van der Waals surface area contributed by atoms with Crippen LogP contribution in [-0.4, -0.2) is 41.6 Å². The van der Waals surface area contributed by atoms with Gasteiger partial charge in [-0.2, -0.15) is 10.1 Å². The van der Waals surface area contributed by atoms with E-state index in [1.54, 1.807) is 17.9 Å². The number of nitrogens with zero attached hydrogens (tertiary/aromatic N) is 3. The minimum atomic E-state index is -0.651. The topological polar surface area (TPSA) is 87.5 Å². The van der Waals surface area contributed by atoms with Crippen LogP contribution in [0.1, 0.15) is 18.5 Å². The number of carbonyl (C=O) groups excluding carboxylic acids is 1. The highest BCUT2D eigenvalue weighted by atomic mass is 16.5. The minimum absolute atomic E-state index is 0.405. The Hall–Kier alpha value is -3.03. The van der Waals surface area contributed by atoms with Gasteiger partial charge in [0.05, 0.1) is 26.9 Å². The van der Waals surface area contributed by atoms with Crippen molar-refractivity contribution >= 4 is 11.9 Å². The lowest BCUT2D eigenvalue weighted by atomic mass is 9.89. The van der Waals surface area contributed by atoms with Crippen molar-refractivity contribution < 1.29 is 19.0 Å². The van der Waals surface area contributed by atoms with Crippen molar-refractivity contribution in [1.29, 1.82) is 0 Å². The molecule has 1 aliphatic rings. The summed E-state index contributed by atoms with van der Waals surface area (Å²) in [7, 11) is 2.93. The van der Waals surface area contributed by atoms with E-state index in [0.717, 1.165) is 5.56 Å². The molecule has 25 heavy (non-hydrogen) atoms. The molecule has 0 aliphatic carbocycles. The van der Waals surface area contributed by atoms with Crippen LogP contribution in [0, 0.1) is 5.92 Å². The second-order valence-corrected chi connectivity index (χ2v) is 5.47. The fourth-order valence-electron chi connectivity index (χ4n) is 2.97. The van der Waals surface area contributed by atoms with E-state index in [4.69, 9.17) is 14.2 Å². The average Bonchev–Trinajstić information content (AvgIpc) is 3.08. The molecule has 0 fully saturated rings. The van der Waals surface area contributed by atoms with E-state index in [0.29, 0.717) is 29.8 Å². The van der Waals surface area contributed by atoms with Gasteiger partial charge in [-0.15, -0.1) is 0 Å². The number of aromatic nitrogens is 3. The molecule has 0 amide bonds. The Morgan fingerprint density at radius 1 is 1.36 bits per heavy atom. The molecule has 2 heterocycles. The number of methoxy groups -OCH3 is 2. The molecule has 2 aromatic rings. The number of rotatable bonds is 5. The first kappa shape index (κ1) is 16.8. The summed E-state index contributed by atoms with van der Waals surface area (Å²) in [6.45, 7) is 6.35. The van der Waals surface area contributed by atoms with Crippen LogP contribution in [-0.2, 0) is 9.53 Å². The molecule has 1 aliphatic heterocycles. The number of anilines is 1. The van der Waals surface area contributed by atoms with Gasteiger partial charge in [0.15, 0.2) is 11.5 Å². The molecule has 0 unspecified atom stereocenters. The fourth-order valence-corrected chi connectivity index (χ4v) is 2.97. The first-order valence-electron chi connectivity index (χ1n) is 7.84. The summed E-state index contributed by atoms with van der Waals surface area (Å²) in [4.78, 5) is 16.6. The van der Waals surface area contributed by atoms with Crippen LogP contribution in [0.25, 0.3) is 0 Å². The van der Waals surface area contributed by atoms with Crippen LogP contribution in [0.15, 0.2) is 36.8 Å². The molecule has 0 spiro atoms. The monoisotopic (exact) mass is 344 g/mol. The Labute approximate surface area is 145 Å². The van der Waals surface area contributed by atoms with Gasteiger partial charge in [-0.3, -0.25) is 4.79 Å². The van der Waals surface area contributed by atoms with Crippen molar-refractivity contribution in [2.24, 2.45) is 5.92 Å². The molecule has 8 heteroatoms. The van der Waals surface area contributed by atoms with Gasteiger partial charge in [-0.1, -0.05) is 12.6 Å². The summed E-state index contributed by atoms with van der Waals surface area (Å²) in [5, 5.41) is 7.26. The molecule has 3 rings (SSSR count). The molecule has 132 valence electrons. The Bertz CT molecular complexity index is 802. The SMILES string of the molecule is C=C1Nc2ncnn2[C@H](c2ccc(OC)c(OCC)c2)[C@H]1C(=O)OC. The first-order chi connectivity index (χ1) is 12.1. The van der Waals surface area contributed by atoms with Gasteiger partial charge in [0.1, 0.15) is 12.2 Å². The number of nitrogens with one attached hydrogen (secondary N) is 1. The number of esters is 1. The summed E-state index contributed by atoms with van der Waals surface area (Å²) in [6, 6.07) is 5.05. The summed E-state index contributed by atoms with van der Waals surface area (Å²) in [5.74, 6) is 0.673. The predicted molar refractivity (Wildman–Crippen MR) is 90.6 cm³/mol. The highest BCUT2D eigenvalue weighted by Gasteiger charge is 2.40. The molecular weight excluding hydrogens is 324 g/mol. The number of hydrogen-bond acceptors (Lipinski definition) is 7. The highest BCUT2D eigenvalue weighted by Crippen LogP contribution is 2.40. The summed E-state index contributed by atoms with van der Waals surface area (Å²) < 4.78 is 17.6. The molecule has 1 N–H and O–H groups in total. The van der Waals surface area contributed by atoms with Gasteiger partial charge in [0, 0.05) is 5.70 Å². The standard InChI is InChI=1S/C17H20N4O4/c1-5-25-13-8-11(6-7-12(13)23-3)15-14(16(22)24-4)10(2)20-17-18-9-19-21(15)17/h6-9,14-15H,2,5H2,1,3-4H3,(H,18,19,20)/t14-,15+/m0/s1. The van der Waals surface area contributed by atoms with Gasteiger partial charge < -0.3 is 19.5 Å². The first-order valence-corrected chi connectivity index (χ1v) is 7.84. The number of hydrogen-bond donors (Lipinski definition) is 1. The van der Waals surface area contributed by atoms with E-state index >= 15 is 0 Å². The number of fused-ring (bicyclic) bond motifs is 1. The van der Waals surface area contributed by atoms with Crippen molar-refractivity contribution in [1.82, 2.24) is 14.8 Å². The van der Waals surface area contributed by atoms with Gasteiger partial charge in [0.2, 0.25) is 5.95 Å². The maximum Gasteiger partial charge on any atom is 0.317 e.